The minimum atomic E-state index is -0.693. The van der Waals surface area contributed by atoms with Crippen molar-refractivity contribution in [3.05, 3.63) is 0 Å². The molecular weight excluding hydrogens is 245 g/mol. The molecule has 0 aliphatic heterocycles. The second kappa shape index (κ2) is 15.0. The van der Waals surface area contributed by atoms with Crippen molar-refractivity contribution in [2.45, 2.75) is 45.4 Å². The van der Waals surface area contributed by atoms with Gasteiger partial charge in [-0.3, -0.25) is 14.2 Å². The summed E-state index contributed by atoms with van der Waals surface area (Å²) in [7, 11) is 0.128. The zero-order chi connectivity index (χ0) is 13.5. The predicted octanol–water partition coefficient (Wildman–Crippen LogP) is 2.13. The van der Waals surface area contributed by atoms with Crippen molar-refractivity contribution in [1.29, 1.82) is 0 Å². The largest absolute Gasteiger partial charge is 0.481 e. The van der Waals surface area contributed by atoms with Gasteiger partial charge in [0.1, 0.15) is 0 Å². The molecule has 0 aromatic carbocycles. The molecule has 100 valence electrons. The van der Waals surface area contributed by atoms with E-state index in [0.717, 1.165) is 19.3 Å². The van der Waals surface area contributed by atoms with E-state index in [1.54, 1.807) is 0 Å². The van der Waals surface area contributed by atoms with Gasteiger partial charge in [0.25, 0.3) is 0 Å². The third-order valence-electron chi connectivity index (χ3n) is 1.76. The maximum atomic E-state index is 10.3. The molecule has 0 atom stereocenters. The number of rotatable bonds is 8. The second-order valence-electron chi connectivity index (χ2n) is 3.30. The van der Waals surface area contributed by atoms with E-state index in [-0.39, 0.29) is 8.46 Å². The Morgan fingerprint density at radius 1 is 1.24 bits per heavy atom. The van der Waals surface area contributed by atoms with Crippen molar-refractivity contribution < 1.29 is 24.1 Å². The minimum absolute atomic E-state index is 0.128. The molecule has 0 bridgehead atoms. The lowest BCUT2D eigenvalue weighted by molar-refractivity contribution is -0.144. The van der Waals surface area contributed by atoms with Crippen LogP contribution < -0.4 is 5.90 Å². The smallest absolute Gasteiger partial charge is 0.324 e. The van der Waals surface area contributed by atoms with Gasteiger partial charge >= 0.3 is 11.9 Å². The lowest BCUT2D eigenvalue weighted by Gasteiger charge is -1.94. The van der Waals surface area contributed by atoms with E-state index in [1.165, 1.54) is 0 Å². The Morgan fingerprint density at radius 3 is 2.24 bits per heavy atom. The van der Waals surface area contributed by atoms with E-state index in [9.17, 15) is 14.2 Å². The van der Waals surface area contributed by atoms with Crippen molar-refractivity contribution in [2.75, 3.05) is 6.16 Å². The predicted molar refractivity (Wildman–Crippen MR) is 63.8 cm³/mol. The number of carbonyl (C=O) groups is 2. The molecule has 6 nitrogen and oxygen atoms in total. The average Bonchev–Trinajstić information content (AvgIpc) is 2.32. The second-order valence-corrected chi connectivity index (χ2v) is 4.00. The first-order valence-electron chi connectivity index (χ1n) is 5.48. The topological polar surface area (TPSA) is 107 Å². The van der Waals surface area contributed by atoms with Crippen LogP contribution in [0.3, 0.4) is 0 Å². The summed E-state index contributed by atoms with van der Waals surface area (Å²) < 4.78 is 9.88. The minimum Gasteiger partial charge on any atom is -0.481 e. The number of nitrogens with two attached hydrogens (primary N) is 1. The van der Waals surface area contributed by atoms with Crippen molar-refractivity contribution in [2.24, 2.45) is 5.90 Å². The van der Waals surface area contributed by atoms with Crippen molar-refractivity contribution in [3.8, 4) is 0 Å². The Bertz CT molecular complexity index is 223. The van der Waals surface area contributed by atoms with Gasteiger partial charge in [-0.1, -0.05) is 13.3 Å². The number of unbranched alkanes of at least 4 members (excludes halogenated alkanes) is 2. The first-order chi connectivity index (χ1) is 8.08. The highest BCUT2D eigenvalue weighted by Crippen LogP contribution is 2.02. The van der Waals surface area contributed by atoms with E-state index >= 15 is 0 Å². The monoisotopic (exact) mass is 265 g/mol. The summed E-state index contributed by atoms with van der Waals surface area (Å²) in [5, 5.41) is 8.04. The van der Waals surface area contributed by atoms with E-state index in [1.807, 2.05) is 6.92 Å². The molecular formula is C10H20NO5P. The van der Waals surface area contributed by atoms with E-state index in [2.05, 4.69) is 10.7 Å². The number of aliphatic carboxylic acids is 1. The molecule has 0 heterocycles. The molecule has 0 aliphatic carbocycles. The fourth-order valence-electron chi connectivity index (χ4n) is 0.833. The summed E-state index contributed by atoms with van der Waals surface area (Å²) in [5.41, 5.74) is 0. The van der Waals surface area contributed by atoms with Crippen LogP contribution in [0.25, 0.3) is 0 Å². The van der Waals surface area contributed by atoms with Crippen molar-refractivity contribution >= 4 is 20.4 Å². The van der Waals surface area contributed by atoms with Gasteiger partial charge in [-0.15, -0.1) is 0 Å². The van der Waals surface area contributed by atoms with Crippen LogP contribution in [0.2, 0.25) is 0 Å². The SMILES string of the molecule is CCCCC(=O)O.NOC(=O)CCCCP=O. The number of carboxylic acid groups (broad SMARTS) is 1. The van der Waals surface area contributed by atoms with Gasteiger partial charge in [-0.25, -0.2) is 0 Å². The molecule has 0 unspecified atom stereocenters. The highest BCUT2D eigenvalue weighted by Gasteiger charge is 1.98. The van der Waals surface area contributed by atoms with Crippen LogP contribution in [-0.2, 0) is 19.0 Å². The van der Waals surface area contributed by atoms with Gasteiger partial charge in [-0.05, 0) is 19.3 Å². The Morgan fingerprint density at radius 2 is 1.88 bits per heavy atom. The zero-order valence-electron chi connectivity index (χ0n) is 10.1. The lowest BCUT2D eigenvalue weighted by atomic mass is 10.2. The van der Waals surface area contributed by atoms with Crippen LogP contribution in [0.15, 0.2) is 0 Å². The maximum Gasteiger partial charge on any atom is 0.324 e. The Hall–Kier alpha value is -1.00. The summed E-state index contributed by atoms with van der Waals surface area (Å²) in [5.74, 6) is 3.47. The summed E-state index contributed by atoms with van der Waals surface area (Å²) in [4.78, 5) is 24.0. The van der Waals surface area contributed by atoms with E-state index in [4.69, 9.17) is 5.11 Å². The standard InChI is InChI=1S/C5H10NO3P.C5H10O2/c6-9-5(7)3-1-2-4-10-8;1-2-3-4-5(6)7/h1-4,6H2;2-4H2,1H3,(H,6,7). The van der Waals surface area contributed by atoms with Gasteiger partial charge in [0.2, 0.25) is 0 Å². The first kappa shape index (κ1) is 18.4. The maximum absolute atomic E-state index is 10.3. The Kier molecular flexibility index (Phi) is 16.2. The highest BCUT2D eigenvalue weighted by molar-refractivity contribution is 7.23. The normalized spacial score (nSPS) is 9.29. The van der Waals surface area contributed by atoms with Crippen LogP contribution in [0.1, 0.15) is 45.4 Å². The summed E-state index contributed by atoms with van der Waals surface area (Å²) in [6, 6.07) is 0. The molecule has 0 saturated heterocycles. The molecule has 3 N–H and O–H groups in total. The molecule has 0 aromatic heterocycles. The summed E-state index contributed by atoms with van der Waals surface area (Å²) in [6.45, 7) is 1.98. The van der Waals surface area contributed by atoms with Crippen LogP contribution in [-0.4, -0.2) is 23.2 Å². The molecule has 7 heteroatoms. The molecule has 0 aromatic rings. The third kappa shape index (κ3) is 21.0. The van der Waals surface area contributed by atoms with Crippen molar-refractivity contribution in [3.63, 3.8) is 0 Å². The molecule has 0 saturated carbocycles. The molecule has 0 fully saturated rings. The molecule has 0 amide bonds. The van der Waals surface area contributed by atoms with Crippen LogP contribution in [0.4, 0.5) is 0 Å². The molecule has 0 spiro atoms. The van der Waals surface area contributed by atoms with Gasteiger partial charge in [-0.2, -0.15) is 5.90 Å². The van der Waals surface area contributed by atoms with Gasteiger partial charge < -0.3 is 9.94 Å². The molecule has 0 radical (unpaired) electrons. The van der Waals surface area contributed by atoms with Gasteiger partial charge in [0.15, 0.2) is 8.46 Å². The molecule has 17 heavy (non-hydrogen) atoms. The Balaban J connectivity index is 0. The first-order valence-corrected chi connectivity index (χ1v) is 6.48. The van der Waals surface area contributed by atoms with E-state index in [0.29, 0.717) is 25.4 Å². The lowest BCUT2D eigenvalue weighted by Crippen LogP contribution is -2.09. The summed E-state index contributed by atoms with van der Waals surface area (Å²) in [6.07, 6.45) is 4.44. The molecule has 0 rings (SSSR count). The van der Waals surface area contributed by atoms with Crippen LogP contribution >= 0.6 is 8.46 Å². The highest BCUT2D eigenvalue weighted by atomic mass is 31.1. The van der Waals surface area contributed by atoms with Gasteiger partial charge in [0, 0.05) is 19.0 Å². The van der Waals surface area contributed by atoms with E-state index < -0.39 is 11.9 Å². The number of hydrogen-bond donors (Lipinski definition) is 2. The van der Waals surface area contributed by atoms with Crippen molar-refractivity contribution in [1.82, 2.24) is 0 Å². The number of hydrogen-bond acceptors (Lipinski definition) is 5. The van der Waals surface area contributed by atoms with Gasteiger partial charge in [0.05, 0.1) is 0 Å². The summed E-state index contributed by atoms with van der Waals surface area (Å²) >= 11 is 0. The number of carbonyl (C=O) groups excluding carboxylic acids is 1. The number of carboxylic acids is 1. The zero-order valence-corrected chi connectivity index (χ0v) is 10.9. The van der Waals surface area contributed by atoms with Crippen LogP contribution in [0.5, 0.6) is 0 Å². The average molecular weight is 265 g/mol. The third-order valence-corrected chi connectivity index (χ3v) is 2.25. The fourth-order valence-corrected chi connectivity index (χ4v) is 1.19. The quantitative estimate of drug-likeness (QED) is 0.395. The fraction of sp³-hybridized carbons (Fsp3) is 0.800. The molecule has 0 aliphatic rings. The van der Waals surface area contributed by atoms with Crippen LogP contribution in [0, 0.1) is 0 Å². The Labute approximate surface area is 103 Å².